The van der Waals surface area contributed by atoms with Crippen LogP contribution >= 0.6 is 35.0 Å². The van der Waals surface area contributed by atoms with Crippen molar-refractivity contribution in [2.45, 2.75) is 36.4 Å². The third-order valence-electron chi connectivity index (χ3n) is 4.84. The Kier molecular flexibility index (Phi) is 9.58. The van der Waals surface area contributed by atoms with E-state index in [4.69, 9.17) is 38.8 Å². The Hall–Kier alpha value is -2.10. The summed E-state index contributed by atoms with van der Waals surface area (Å²) < 4.78 is 21.3. The Morgan fingerprint density at radius 3 is 2.27 bits per heavy atom. The number of nitrogens with two attached hydrogens (primary N) is 1. The van der Waals surface area contributed by atoms with E-state index in [1.807, 2.05) is 12.1 Å². The fourth-order valence-electron chi connectivity index (χ4n) is 3.15. The van der Waals surface area contributed by atoms with Gasteiger partial charge in [0.25, 0.3) is 0 Å². The number of aliphatic hydroxyl groups excluding tert-OH is 1. The Labute approximate surface area is 205 Å². The molecular weight excluding hydrogens is 488 g/mol. The van der Waals surface area contributed by atoms with E-state index in [0.29, 0.717) is 29.7 Å². The van der Waals surface area contributed by atoms with E-state index in [0.717, 1.165) is 11.1 Å². The first-order valence-electron chi connectivity index (χ1n) is 10.2. The minimum absolute atomic E-state index is 0.0123. The number of halogens is 3. The fraction of sp³-hybridized carbons (Fsp3) is 0.304. The fourth-order valence-corrected chi connectivity index (χ4v) is 4.84. The van der Waals surface area contributed by atoms with Gasteiger partial charge in [-0.2, -0.15) is 4.98 Å². The van der Waals surface area contributed by atoms with Crippen molar-refractivity contribution in [2.24, 2.45) is 0 Å². The van der Waals surface area contributed by atoms with Crippen LogP contribution in [0.2, 0.25) is 10.0 Å². The number of benzene rings is 2. The summed E-state index contributed by atoms with van der Waals surface area (Å²) in [5, 5.41) is 9.36. The van der Waals surface area contributed by atoms with Crippen molar-refractivity contribution in [1.29, 1.82) is 0 Å². The van der Waals surface area contributed by atoms with E-state index in [1.54, 1.807) is 36.4 Å². The second-order valence-corrected chi connectivity index (χ2v) is 9.66. The lowest BCUT2D eigenvalue weighted by Crippen LogP contribution is -2.28. The molecular formula is C23H24Cl2FN3O3S. The van der Waals surface area contributed by atoms with Gasteiger partial charge in [0.05, 0.1) is 19.8 Å². The number of hydrogen-bond acceptors (Lipinski definition) is 6. The lowest BCUT2D eigenvalue weighted by molar-refractivity contribution is 0.117. The maximum absolute atomic E-state index is 14.3. The van der Waals surface area contributed by atoms with Crippen LogP contribution in [0.1, 0.15) is 22.9 Å². The summed E-state index contributed by atoms with van der Waals surface area (Å²) in [6.45, 7) is 0.942. The molecule has 1 aromatic heterocycles. The van der Waals surface area contributed by atoms with E-state index >= 15 is 0 Å². The molecule has 2 aromatic carbocycles. The summed E-state index contributed by atoms with van der Waals surface area (Å²) in [6.07, 6.45) is 0.709. The second-order valence-electron chi connectivity index (χ2n) is 7.37. The number of anilines is 1. The zero-order valence-corrected chi connectivity index (χ0v) is 19.9. The summed E-state index contributed by atoms with van der Waals surface area (Å²) in [5.74, 6) is 0.137. The third kappa shape index (κ3) is 7.72. The summed E-state index contributed by atoms with van der Waals surface area (Å²) in [4.78, 5) is 15.5. The molecule has 4 rings (SSSR count). The van der Waals surface area contributed by atoms with Crippen molar-refractivity contribution in [3.05, 3.63) is 92.5 Å². The summed E-state index contributed by atoms with van der Waals surface area (Å²) >= 11 is 12.8. The maximum atomic E-state index is 14.3. The van der Waals surface area contributed by atoms with E-state index in [-0.39, 0.29) is 17.7 Å². The SMILES string of the molecule is Nc1ccn(C2SC(COCc3ccc(Cl)cc3)CC2F)c(=O)n1.OCc1ccc(Cl)cc1. The van der Waals surface area contributed by atoms with Gasteiger partial charge in [0.2, 0.25) is 0 Å². The van der Waals surface area contributed by atoms with Crippen molar-refractivity contribution < 1.29 is 14.2 Å². The molecule has 0 bridgehead atoms. The van der Waals surface area contributed by atoms with Gasteiger partial charge >= 0.3 is 5.69 Å². The molecule has 1 saturated heterocycles. The van der Waals surface area contributed by atoms with Gasteiger partial charge < -0.3 is 15.6 Å². The molecule has 1 fully saturated rings. The zero-order chi connectivity index (χ0) is 23.8. The molecule has 0 saturated carbocycles. The van der Waals surface area contributed by atoms with Crippen LogP contribution in [-0.4, -0.2) is 32.7 Å². The molecule has 3 aromatic rings. The van der Waals surface area contributed by atoms with Crippen LogP contribution in [0.4, 0.5) is 10.2 Å². The highest BCUT2D eigenvalue weighted by Crippen LogP contribution is 2.42. The second kappa shape index (κ2) is 12.4. The lowest BCUT2D eigenvalue weighted by atomic mass is 10.2. The number of aromatic nitrogens is 2. The number of thioether (sulfide) groups is 1. The Morgan fingerprint density at radius 2 is 1.70 bits per heavy atom. The maximum Gasteiger partial charge on any atom is 0.350 e. The van der Waals surface area contributed by atoms with Crippen LogP contribution in [0, 0.1) is 0 Å². The van der Waals surface area contributed by atoms with Gasteiger partial charge in [-0.05, 0) is 47.9 Å². The average Bonchev–Trinajstić information content (AvgIpc) is 3.16. The highest BCUT2D eigenvalue weighted by molar-refractivity contribution is 8.00. The van der Waals surface area contributed by atoms with Crippen molar-refractivity contribution in [1.82, 2.24) is 9.55 Å². The quantitative estimate of drug-likeness (QED) is 0.490. The highest BCUT2D eigenvalue weighted by Gasteiger charge is 2.37. The summed E-state index contributed by atoms with van der Waals surface area (Å²) in [7, 11) is 0. The van der Waals surface area contributed by atoms with Crippen LogP contribution in [0.25, 0.3) is 0 Å². The normalized spacial score (nSPS) is 19.7. The molecule has 0 amide bonds. The van der Waals surface area contributed by atoms with Crippen LogP contribution in [0.5, 0.6) is 0 Å². The zero-order valence-electron chi connectivity index (χ0n) is 17.6. The molecule has 3 unspecified atom stereocenters. The standard InChI is InChI=1S/C16H17ClFN3O2S.C7H7ClO/c17-11-3-1-10(2-4-11)8-23-9-12-7-13(18)15(24-12)21-6-5-14(19)20-16(21)22;8-7-3-1-6(5-9)2-4-7/h1-6,12-13,15H,7-9H2,(H2,19,20,22);1-4,9H,5H2. The molecule has 6 nitrogen and oxygen atoms in total. The Bertz CT molecular complexity index is 1080. The molecule has 1 aliphatic rings. The van der Waals surface area contributed by atoms with E-state index in [9.17, 15) is 9.18 Å². The molecule has 3 atom stereocenters. The molecule has 3 N–H and O–H groups in total. The number of aliphatic hydroxyl groups is 1. The number of ether oxygens (including phenoxy) is 1. The minimum atomic E-state index is -1.12. The van der Waals surface area contributed by atoms with Gasteiger partial charge in [0.15, 0.2) is 0 Å². The van der Waals surface area contributed by atoms with Crippen LogP contribution in [0.3, 0.4) is 0 Å². The number of nitrogen functional groups attached to an aromatic ring is 1. The summed E-state index contributed by atoms with van der Waals surface area (Å²) in [6, 6.07) is 16.0. The molecule has 0 aliphatic carbocycles. The van der Waals surface area contributed by atoms with Crippen LogP contribution in [0.15, 0.2) is 65.6 Å². The van der Waals surface area contributed by atoms with E-state index in [2.05, 4.69) is 4.98 Å². The number of nitrogens with zero attached hydrogens (tertiary/aromatic N) is 2. The van der Waals surface area contributed by atoms with Gasteiger partial charge in [-0.1, -0.05) is 47.5 Å². The molecule has 2 heterocycles. The van der Waals surface area contributed by atoms with Gasteiger partial charge in [0.1, 0.15) is 17.4 Å². The highest BCUT2D eigenvalue weighted by atomic mass is 35.5. The molecule has 1 aliphatic heterocycles. The lowest BCUT2D eigenvalue weighted by Gasteiger charge is -2.15. The predicted octanol–water partition coefficient (Wildman–Crippen LogP) is 4.87. The Balaban J connectivity index is 0.000000286. The van der Waals surface area contributed by atoms with E-state index < -0.39 is 17.2 Å². The van der Waals surface area contributed by atoms with E-state index in [1.165, 1.54) is 28.6 Å². The number of hydrogen-bond donors (Lipinski definition) is 2. The third-order valence-corrected chi connectivity index (χ3v) is 6.86. The smallest absolute Gasteiger partial charge is 0.350 e. The first kappa shape index (κ1) is 25.5. The first-order chi connectivity index (χ1) is 15.9. The molecule has 0 radical (unpaired) electrons. The first-order valence-corrected chi connectivity index (χ1v) is 11.9. The van der Waals surface area contributed by atoms with Crippen molar-refractivity contribution >= 4 is 40.8 Å². The monoisotopic (exact) mass is 511 g/mol. The molecule has 10 heteroatoms. The topological polar surface area (TPSA) is 90.4 Å². The van der Waals surface area contributed by atoms with Crippen molar-refractivity contribution in [3.63, 3.8) is 0 Å². The van der Waals surface area contributed by atoms with Crippen LogP contribution < -0.4 is 11.4 Å². The van der Waals surface area contributed by atoms with Gasteiger partial charge in [-0.15, -0.1) is 11.8 Å². The summed E-state index contributed by atoms with van der Waals surface area (Å²) in [5.41, 5.74) is 6.83. The molecule has 33 heavy (non-hydrogen) atoms. The minimum Gasteiger partial charge on any atom is -0.392 e. The molecule has 176 valence electrons. The predicted molar refractivity (Wildman–Crippen MR) is 131 cm³/mol. The van der Waals surface area contributed by atoms with Gasteiger partial charge in [0, 0.05) is 21.5 Å². The van der Waals surface area contributed by atoms with Gasteiger partial charge in [-0.3, -0.25) is 4.57 Å². The largest absolute Gasteiger partial charge is 0.392 e. The van der Waals surface area contributed by atoms with Crippen LogP contribution in [-0.2, 0) is 18.0 Å². The molecule has 0 spiro atoms. The average molecular weight is 512 g/mol. The van der Waals surface area contributed by atoms with Crippen molar-refractivity contribution in [3.8, 4) is 0 Å². The number of rotatable bonds is 6. The number of alkyl halides is 1. The van der Waals surface area contributed by atoms with Crippen molar-refractivity contribution in [2.75, 3.05) is 12.3 Å². The van der Waals surface area contributed by atoms with Gasteiger partial charge in [-0.25, -0.2) is 9.18 Å². The Morgan fingerprint density at radius 1 is 1.09 bits per heavy atom.